The molecule has 6 nitrogen and oxygen atoms in total. The largest absolute Gasteiger partial charge is 0.487 e. The molecule has 1 aromatic carbocycles. The molecular formula is C13H10ClN5O. The molecule has 0 amide bonds. The summed E-state index contributed by atoms with van der Waals surface area (Å²) in [6, 6.07) is 7.52. The van der Waals surface area contributed by atoms with Crippen LogP contribution >= 0.6 is 11.6 Å². The van der Waals surface area contributed by atoms with Gasteiger partial charge in [-0.3, -0.25) is 4.98 Å². The van der Waals surface area contributed by atoms with E-state index in [1.807, 2.05) is 24.3 Å². The number of rotatable bonds is 4. The Morgan fingerprint density at radius 3 is 2.60 bits per heavy atom. The first kappa shape index (κ1) is 12.6. The number of aromatic nitrogens is 5. The molecule has 0 unspecified atom stereocenters. The molecular weight excluding hydrogens is 278 g/mol. The van der Waals surface area contributed by atoms with Gasteiger partial charge in [-0.1, -0.05) is 11.6 Å². The van der Waals surface area contributed by atoms with Crippen LogP contribution in [0.25, 0.3) is 5.69 Å². The fourth-order valence-electron chi connectivity index (χ4n) is 1.61. The predicted molar refractivity (Wildman–Crippen MR) is 72.7 cm³/mol. The summed E-state index contributed by atoms with van der Waals surface area (Å²) in [5, 5.41) is 4.42. The van der Waals surface area contributed by atoms with Crippen molar-refractivity contribution in [3.63, 3.8) is 0 Å². The van der Waals surface area contributed by atoms with Gasteiger partial charge in [0, 0.05) is 0 Å². The van der Waals surface area contributed by atoms with Crippen molar-refractivity contribution in [3.8, 4) is 11.4 Å². The van der Waals surface area contributed by atoms with Gasteiger partial charge >= 0.3 is 0 Å². The molecule has 0 aliphatic rings. The highest BCUT2D eigenvalue weighted by molar-refractivity contribution is 6.29. The second-order valence-electron chi connectivity index (χ2n) is 3.95. The molecule has 3 aromatic rings. The van der Waals surface area contributed by atoms with Crippen molar-refractivity contribution in [2.45, 2.75) is 6.61 Å². The predicted octanol–water partition coefficient (Wildman–Crippen LogP) is 2.29. The fraction of sp³-hybridized carbons (Fsp3) is 0.0769. The van der Waals surface area contributed by atoms with Crippen LogP contribution in [0, 0.1) is 0 Å². The number of hydrogen-bond donors (Lipinski definition) is 0. The zero-order valence-electron chi connectivity index (χ0n) is 10.3. The molecule has 0 N–H and O–H groups in total. The normalized spacial score (nSPS) is 10.4. The number of ether oxygens (including phenoxy) is 1. The summed E-state index contributed by atoms with van der Waals surface area (Å²) >= 11 is 5.67. The van der Waals surface area contributed by atoms with Gasteiger partial charge in [0.15, 0.2) is 0 Å². The molecule has 0 bridgehead atoms. The zero-order chi connectivity index (χ0) is 13.8. The van der Waals surface area contributed by atoms with Crippen LogP contribution in [0.1, 0.15) is 5.69 Å². The van der Waals surface area contributed by atoms with E-state index in [1.54, 1.807) is 17.2 Å². The second kappa shape index (κ2) is 5.66. The van der Waals surface area contributed by atoms with Crippen molar-refractivity contribution >= 4 is 11.6 Å². The van der Waals surface area contributed by atoms with Crippen LogP contribution in [0.15, 0.2) is 49.3 Å². The Kier molecular flexibility index (Phi) is 3.56. The Balaban J connectivity index is 1.65. The Morgan fingerprint density at radius 1 is 1.10 bits per heavy atom. The summed E-state index contributed by atoms with van der Waals surface area (Å²) < 4.78 is 7.29. The maximum absolute atomic E-state index is 5.67. The first-order valence-electron chi connectivity index (χ1n) is 5.85. The van der Waals surface area contributed by atoms with Crippen LogP contribution in [0.3, 0.4) is 0 Å². The molecule has 0 fully saturated rings. The molecule has 0 saturated carbocycles. The van der Waals surface area contributed by atoms with Gasteiger partial charge in [-0.25, -0.2) is 14.6 Å². The third-order valence-corrected chi connectivity index (χ3v) is 2.78. The lowest BCUT2D eigenvalue weighted by atomic mass is 10.3. The van der Waals surface area contributed by atoms with E-state index < -0.39 is 0 Å². The zero-order valence-corrected chi connectivity index (χ0v) is 11.1. The van der Waals surface area contributed by atoms with Crippen LogP contribution in [0.5, 0.6) is 5.75 Å². The van der Waals surface area contributed by atoms with Crippen LogP contribution < -0.4 is 4.74 Å². The lowest BCUT2D eigenvalue weighted by molar-refractivity contribution is 0.300. The first-order chi connectivity index (χ1) is 9.81. The minimum atomic E-state index is 0.340. The van der Waals surface area contributed by atoms with Crippen molar-refractivity contribution in [2.24, 2.45) is 0 Å². The number of hydrogen-bond acceptors (Lipinski definition) is 5. The minimum Gasteiger partial charge on any atom is -0.487 e. The Labute approximate surface area is 120 Å². The van der Waals surface area contributed by atoms with Gasteiger partial charge in [-0.2, -0.15) is 5.10 Å². The van der Waals surface area contributed by atoms with Crippen LogP contribution in [-0.4, -0.2) is 24.7 Å². The summed E-state index contributed by atoms with van der Waals surface area (Å²) in [5.41, 5.74) is 1.64. The molecule has 0 aliphatic heterocycles. The highest BCUT2D eigenvalue weighted by atomic mass is 35.5. The molecule has 7 heteroatoms. The Bertz CT molecular complexity index is 667. The number of benzene rings is 1. The third kappa shape index (κ3) is 2.92. The number of halogens is 1. The summed E-state index contributed by atoms with van der Waals surface area (Å²) in [4.78, 5) is 12.0. The molecule has 2 aromatic heterocycles. The molecule has 20 heavy (non-hydrogen) atoms. The molecule has 0 saturated heterocycles. The monoisotopic (exact) mass is 287 g/mol. The highest BCUT2D eigenvalue weighted by Gasteiger charge is 2.00. The third-order valence-electron chi connectivity index (χ3n) is 2.58. The Hall–Kier alpha value is -2.47. The SMILES string of the molecule is Clc1cnc(COc2ccc(-n3cncn3)cc2)cn1. The standard InChI is InChI=1S/C13H10ClN5O/c14-13-6-16-10(5-17-13)7-20-12-3-1-11(2-4-12)19-9-15-8-18-19/h1-6,8-9H,7H2. The summed E-state index contributed by atoms with van der Waals surface area (Å²) in [5.74, 6) is 0.741. The van der Waals surface area contributed by atoms with Gasteiger partial charge in [0.1, 0.15) is 30.2 Å². The van der Waals surface area contributed by atoms with Gasteiger partial charge < -0.3 is 4.74 Å². The van der Waals surface area contributed by atoms with E-state index in [-0.39, 0.29) is 0 Å². The van der Waals surface area contributed by atoms with Crippen molar-refractivity contribution in [1.82, 2.24) is 24.7 Å². The maximum atomic E-state index is 5.67. The van der Waals surface area contributed by atoms with E-state index >= 15 is 0 Å². The quantitative estimate of drug-likeness (QED) is 0.736. The molecule has 2 heterocycles. The molecule has 0 spiro atoms. The Morgan fingerprint density at radius 2 is 1.95 bits per heavy atom. The van der Waals surface area contributed by atoms with E-state index in [2.05, 4.69) is 20.1 Å². The number of nitrogens with zero attached hydrogens (tertiary/aromatic N) is 5. The van der Waals surface area contributed by atoms with E-state index in [9.17, 15) is 0 Å². The molecule has 0 radical (unpaired) electrons. The van der Waals surface area contributed by atoms with Gasteiger partial charge in [0.25, 0.3) is 0 Å². The van der Waals surface area contributed by atoms with Crippen molar-refractivity contribution in [1.29, 1.82) is 0 Å². The van der Waals surface area contributed by atoms with Crippen molar-refractivity contribution in [2.75, 3.05) is 0 Å². The summed E-state index contributed by atoms with van der Waals surface area (Å²) in [7, 11) is 0. The average Bonchev–Trinajstić information content (AvgIpc) is 3.01. The molecule has 0 atom stereocenters. The van der Waals surface area contributed by atoms with Gasteiger partial charge in [-0.05, 0) is 24.3 Å². The van der Waals surface area contributed by atoms with Gasteiger partial charge in [0.2, 0.25) is 0 Å². The van der Waals surface area contributed by atoms with Gasteiger partial charge in [-0.15, -0.1) is 0 Å². The topological polar surface area (TPSA) is 65.7 Å². The first-order valence-corrected chi connectivity index (χ1v) is 6.23. The van der Waals surface area contributed by atoms with Crippen LogP contribution in [0.4, 0.5) is 0 Å². The average molecular weight is 288 g/mol. The summed E-state index contributed by atoms with van der Waals surface area (Å²) in [6.07, 6.45) is 6.21. The molecule has 100 valence electrons. The van der Waals surface area contributed by atoms with E-state index in [4.69, 9.17) is 16.3 Å². The van der Waals surface area contributed by atoms with E-state index in [0.29, 0.717) is 11.8 Å². The highest BCUT2D eigenvalue weighted by Crippen LogP contribution is 2.15. The second-order valence-corrected chi connectivity index (χ2v) is 4.34. The smallest absolute Gasteiger partial charge is 0.147 e. The van der Waals surface area contributed by atoms with Crippen LogP contribution in [-0.2, 0) is 6.61 Å². The lowest BCUT2D eigenvalue weighted by Crippen LogP contribution is -1.99. The van der Waals surface area contributed by atoms with Gasteiger partial charge in [0.05, 0.1) is 23.8 Å². The van der Waals surface area contributed by atoms with Crippen molar-refractivity contribution < 1.29 is 4.74 Å². The van der Waals surface area contributed by atoms with E-state index in [1.165, 1.54) is 12.5 Å². The summed E-state index contributed by atoms with van der Waals surface area (Å²) in [6.45, 7) is 0.340. The van der Waals surface area contributed by atoms with E-state index in [0.717, 1.165) is 17.1 Å². The fourth-order valence-corrected chi connectivity index (χ4v) is 1.71. The van der Waals surface area contributed by atoms with Crippen molar-refractivity contribution in [3.05, 3.63) is 60.2 Å². The molecule has 3 rings (SSSR count). The van der Waals surface area contributed by atoms with Crippen LogP contribution in [0.2, 0.25) is 5.15 Å². The molecule has 0 aliphatic carbocycles. The lowest BCUT2D eigenvalue weighted by Gasteiger charge is -2.06. The maximum Gasteiger partial charge on any atom is 0.147 e. The minimum absolute atomic E-state index is 0.340.